The Balaban J connectivity index is 1.94. The average molecular weight is 404 g/mol. The summed E-state index contributed by atoms with van der Waals surface area (Å²) in [6.45, 7) is 6.05. The van der Waals surface area contributed by atoms with E-state index in [-0.39, 0.29) is 0 Å². The second kappa shape index (κ2) is 10.1. The van der Waals surface area contributed by atoms with Gasteiger partial charge in [0.1, 0.15) is 5.75 Å². The molecule has 0 amide bonds. The van der Waals surface area contributed by atoms with Gasteiger partial charge in [-0.1, -0.05) is 24.3 Å². The van der Waals surface area contributed by atoms with E-state index in [1.807, 2.05) is 44.2 Å². The molecule has 0 saturated carbocycles. The third kappa shape index (κ3) is 6.56. The number of ether oxygens (including phenoxy) is 1. The number of aryl methyl sites for hydroxylation is 1. The van der Waals surface area contributed by atoms with Gasteiger partial charge in [-0.25, -0.2) is 13.4 Å². The molecule has 0 aliphatic heterocycles. The molecule has 0 fully saturated rings. The molecule has 0 heterocycles. The van der Waals surface area contributed by atoms with Crippen LogP contribution in [0.15, 0.2) is 52.4 Å². The fourth-order valence-electron chi connectivity index (χ4n) is 2.70. The van der Waals surface area contributed by atoms with Crippen molar-refractivity contribution < 1.29 is 13.2 Å². The van der Waals surface area contributed by atoms with Gasteiger partial charge in [0.05, 0.1) is 18.6 Å². The maximum Gasteiger partial charge on any atom is 0.191 e. The Bertz CT molecular complexity index is 907. The smallest absolute Gasteiger partial charge is 0.191 e. The van der Waals surface area contributed by atoms with E-state index < -0.39 is 9.84 Å². The summed E-state index contributed by atoms with van der Waals surface area (Å²) in [5.41, 5.74) is 3.25. The highest BCUT2D eigenvalue weighted by Gasteiger charge is 2.06. The Morgan fingerprint density at radius 3 is 2.36 bits per heavy atom. The first-order valence-electron chi connectivity index (χ1n) is 9.28. The molecule has 0 bridgehead atoms. The number of guanidine groups is 1. The molecule has 0 unspecified atom stereocenters. The molecule has 0 aromatic heterocycles. The Hall–Kier alpha value is -2.54. The van der Waals surface area contributed by atoms with Crippen molar-refractivity contribution >= 4 is 15.8 Å². The van der Waals surface area contributed by atoms with Crippen molar-refractivity contribution in [2.45, 2.75) is 31.7 Å². The van der Waals surface area contributed by atoms with E-state index in [1.54, 1.807) is 19.2 Å². The summed E-state index contributed by atoms with van der Waals surface area (Å²) in [7, 11) is -1.49. The van der Waals surface area contributed by atoms with Crippen LogP contribution in [0, 0.1) is 6.92 Å². The van der Waals surface area contributed by atoms with Gasteiger partial charge in [0.2, 0.25) is 0 Å². The highest BCUT2D eigenvalue weighted by molar-refractivity contribution is 7.90. The normalized spacial score (nSPS) is 11.9. The molecule has 2 aromatic carbocycles. The monoisotopic (exact) mass is 403 g/mol. The molecular weight excluding hydrogens is 374 g/mol. The minimum absolute atomic E-state index is 0.340. The largest absolute Gasteiger partial charge is 0.496 e. The molecule has 0 aliphatic rings. The summed E-state index contributed by atoms with van der Waals surface area (Å²) < 4.78 is 28.4. The third-order valence-electron chi connectivity index (χ3n) is 4.29. The topological polar surface area (TPSA) is 79.8 Å². The number of hydrogen-bond acceptors (Lipinski definition) is 4. The van der Waals surface area contributed by atoms with Crippen LogP contribution in [0.1, 0.15) is 23.6 Å². The number of sulfone groups is 1. The van der Waals surface area contributed by atoms with Gasteiger partial charge in [0, 0.05) is 19.3 Å². The maximum absolute atomic E-state index is 11.5. The van der Waals surface area contributed by atoms with E-state index in [2.05, 4.69) is 15.6 Å². The third-order valence-corrected chi connectivity index (χ3v) is 5.42. The van der Waals surface area contributed by atoms with Crippen molar-refractivity contribution in [2.75, 3.05) is 26.5 Å². The Morgan fingerprint density at radius 2 is 1.75 bits per heavy atom. The van der Waals surface area contributed by atoms with E-state index in [4.69, 9.17) is 4.74 Å². The molecule has 0 radical (unpaired) electrons. The van der Waals surface area contributed by atoms with E-state index in [1.165, 1.54) is 6.26 Å². The van der Waals surface area contributed by atoms with Crippen LogP contribution in [-0.4, -0.2) is 40.8 Å². The van der Waals surface area contributed by atoms with Gasteiger partial charge >= 0.3 is 0 Å². The predicted octanol–water partition coefficient (Wildman–Crippen LogP) is 2.70. The minimum Gasteiger partial charge on any atom is -0.496 e. The lowest BCUT2D eigenvalue weighted by Crippen LogP contribution is -2.38. The van der Waals surface area contributed by atoms with Gasteiger partial charge in [-0.15, -0.1) is 0 Å². The molecule has 2 N–H and O–H groups in total. The molecule has 6 nitrogen and oxygen atoms in total. The lowest BCUT2D eigenvalue weighted by Gasteiger charge is -2.12. The van der Waals surface area contributed by atoms with Gasteiger partial charge in [0.25, 0.3) is 0 Å². The highest BCUT2D eigenvalue weighted by atomic mass is 32.2. The van der Waals surface area contributed by atoms with E-state index >= 15 is 0 Å². The summed E-state index contributed by atoms with van der Waals surface area (Å²) in [6.07, 6.45) is 1.99. The molecule has 0 atom stereocenters. The Kier molecular flexibility index (Phi) is 7.87. The number of rotatable bonds is 8. The fraction of sp³-hybridized carbons (Fsp3) is 0.381. The molecule has 2 rings (SSSR count). The summed E-state index contributed by atoms with van der Waals surface area (Å²) in [5, 5.41) is 6.55. The minimum atomic E-state index is -3.16. The van der Waals surface area contributed by atoms with Crippen LogP contribution in [0.4, 0.5) is 0 Å². The number of nitrogens with zero attached hydrogens (tertiary/aromatic N) is 1. The van der Waals surface area contributed by atoms with E-state index in [0.29, 0.717) is 18.0 Å². The fourth-order valence-corrected chi connectivity index (χ4v) is 3.33. The van der Waals surface area contributed by atoms with Crippen LogP contribution in [0.3, 0.4) is 0 Å². The molecule has 2 aromatic rings. The van der Waals surface area contributed by atoms with Crippen molar-refractivity contribution in [3.63, 3.8) is 0 Å². The van der Waals surface area contributed by atoms with E-state index in [9.17, 15) is 8.42 Å². The van der Waals surface area contributed by atoms with Crippen molar-refractivity contribution in [2.24, 2.45) is 4.99 Å². The molecule has 28 heavy (non-hydrogen) atoms. The van der Waals surface area contributed by atoms with E-state index in [0.717, 1.165) is 41.4 Å². The summed E-state index contributed by atoms with van der Waals surface area (Å²) in [5.74, 6) is 1.61. The summed E-state index contributed by atoms with van der Waals surface area (Å²) in [4.78, 5) is 4.97. The summed E-state index contributed by atoms with van der Waals surface area (Å²) >= 11 is 0. The lowest BCUT2D eigenvalue weighted by molar-refractivity contribution is 0.411. The standard InChI is InChI=1S/C21H29N3O3S/c1-5-22-21(24-15-18-7-6-16(2)20(14-18)27-3)23-13-12-17-8-10-19(11-9-17)28(4,25)26/h6-11,14H,5,12-13,15H2,1-4H3,(H2,22,23,24). The second-order valence-electron chi connectivity index (χ2n) is 6.59. The number of benzene rings is 2. The van der Waals surface area contributed by atoms with Crippen molar-refractivity contribution in [3.8, 4) is 5.75 Å². The van der Waals surface area contributed by atoms with Crippen molar-refractivity contribution in [1.29, 1.82) is 0 Å². The highest BCUT2D eigenvalue weighted by Crippen LogP contribution is 2.19. The van der Waals surface area contributed by atoms with Gasteiger partial charge in [-0.05, 0) is 55.2 Å². The van der Waals surface area contributed by atoms with Crippen LogP contribution in [0.25, 0.3) is 0 Å². The number of hydrogen-bond donors (Lipinski definition) is 2. The quantitative estimate of drug-likeness (QED) is 0.523. The molecule has 152 valence electrons. The SMILES string of the molecule is CCNC(=NCc1ccc(C)c(OC)c1)NCCc1ccc(S(C)(=O)=O)cc1. The molecule has 0 spiro atoms. The first-order chi connectivity index (χ1) is 13.3. The van der Waals surface area contributed by atoms with Gasteiger partial charge in [-0.2, -0.15) is 0 Å². The van der Waals surface area contributed by atoms with Gasteiger partial charge < -0.3 is 15.4 Å². The van der Waals surface area contributed by atoms with Crippen LogP contribution in [0.5, 0.6) is 5.75 Å². The lowest BCUT2D eigenvalue weighted by atomic mass is 10.1. The first kappa shape index (κ1) is 21.8. The van der Waals surface area contributed by atoms with Crippen LogP contribution >= 0.6 is 0 Å². The molecule has 0 saturated heterocycles. The number of nitrogens with one attached hydrogen (secondary N) is 2. The van der Waals surface area contributed by atoms with Gasteiger partial charge in [-0.3, -0.25) is 0 Å². The second-order valence-corrected chi connectivity index (χ2v) is 8.61. The average Bonchev–Trinajstić information content (AvgIpc) is 2.67. The van der Waals surface area contributed by atoms with Crippen LogP contribution < -0.4 is 15.4 Å². The Morgan fingerprint density at radius 1 is 1.07 bits per heavy atom. The number of aliphatic imine (C=N–C) groups is 1. The molecule has 0 aliphatic carbocycles. The molecular formula is C21H29N3O3S. The van der Waals surface area contributed by atoms with Gasteiger partial charge in [0.15, 0.2) is 15.8 Å². The molecule has 7 heteroatoms. The van der Waals surface area contributed by atoms with Crippen LogP contribution in [0.2, 0.25) is 0 Å². The summed E-state index contributed by atoms with van der Waals surface area (Å²) in [6, 6.07) is 13.1. The Labute approximate surface area is 168 Å². The zero-order valence-electron chi connectivity index (χ0n) is 17.0. The predicted molar refractivity (Wildman–Crippen MR) is 114 cm³/mol. The van der Waals surface area contributed by atoms with Crippen molar-refractivity contribution in [3.05, 3.63) is 59.2 Å². The van der Waals surface area contributed by atoms with Crippen molar-refractivity contribution in [1.82, 2.24) is 10.6 Å². The first-order valence-corrected chi connectivity index (χ1v) is 11.2. The maximum atomic E-state index is 11.5. The number of methoxy groups -OCH3 is 1. The zero-order chi connectivity index (χ0) is 20.6. The van der Waals surface area contributed by atoms with Crippen LogP contribution in [-0.2, 0) is 22.8 Å². The zero-order valence-corrected chi connectivity index (χ0v) is 17.8.